The second kappa shape index (κ2) is 12.2. The highest BCUT2D eigenvalue weighted by Gasteiger charge is 2.50. The normalized spacial score (nSPS) is 28.3. The van der Waals surface area contributed by atoms with Crippen molar-refractivity contribution >= 4 is 17.6 Å². The summed E-state index contributed by atoms with van der Waals surface area (Å²) in [6.45, 7) is 1.95. The molecule has 2 aliphatic rings. The summed E-state index contributed by atoms with van der Waals surface area (Å²) >= 11 is 0. The number of hydrogen-bond acceptors (Lipinski definition) is 7. The maximum Gasteiger partial charge on any atom is 0.335 e. The van der Waals surface area contributed by atoms with Crippen LogP contribution in [0, 0.1) is 24.5 Å². The van der Waals surface area contributed by atoms with Crippen molar-refractivity contribution in [1.82, 2.24) is 0 Å². The molecule has 3 unspecified atom stereocenters. The highest BCUT2D eigenvalue weighted by atomic mass is 19.1. The number of aliphatic hydroxyl groups excluding tert-OH is 3. The Balaban J connectivity index is 1.40. The van der Waals surface area contributed by atoms with Crippen molar-refractivity contribution in [1.29, 1.82) is 0 Å². The Hall–Kier alpha value is -3.74. The number of hydrogen-bond donors (Lipinski definition) is 4. The summed E-state index contributed by atoms with van der Waals surface area (Å²) in [7, 11) is 0. The first-order valence-electron chi connectivity index (χ1n) is 13.5. The largest absolute Gasteiger partial charge is 0.479 e. The molecule has 222 valence electrons. The second-order valence-electron chi connectivity index (χ2n) is 10.6. The van der Waals surface area contributed by atoms with Crippen LogP contribution in [0.2, 0.25) is 0 Å². The smallest absolute Gasteiger partial charge is 0.335 e. The van der Waals surface area contributed by atoms with Gasteiger partial charge in [-0.2, -0.15) is 0 Å². The van der Waals surface area contributed by atoms with E-state index >= 15 is 0 Å². The van der Waals surface area contributed by atoms with E-state index in [0.29, 0.717) is 11.3 Å². The first-order valence-corrected chi connectivity index (χ1v) is 13.5. The molecule has 0 aromatic heterocycles. The van der Waals surface area contributed by atoms with Gasteiger partial charge in [0.15, 0.2) is 12.4 Å². The quantitative estimate of drug-likeness (QED) is 0.282. The van der Waals surface area contributed by atoms with Gasteiger partial charge in [0.2, 0.25) is 5.91 Å². The lowest BCUT2D eigenvalue weighted by atomic mass is 9.78. The Bertz CT molecular complexity index is 1400. The van der Waals surface area contributed by atoms with Gasteiger partial charge >= 0.3 is 5.97 Å². The molecule has 8 atom stereocenters. The van der Waals surface area contributed by atoms with Gasteiger partial charge in [-0.15, -0.1) is 0 Å². The molecule has 2 heterocycles. The summed E-state index contributed by atoms with van der Waals surface area (Å²) in [4.78, 5) is 26.7. The van der Waals surface area contributed by atoms with Crippen molar-refractivity contribution in [2.45, 2.75) is 62.6 Å². The molecule has 1 amide bonds. The van der Waals surface area contributed by atoms with Crippen molar-refractivity contribution in [2.24, 2.45) is 5.92 Å². The molecule has 2 fully saturated rings. The third kappa shape index (κ3) is 5.92. The van der Waals surface area contributed by atoms with Crippen LogP contribution in [0.25, 0.3) is 0 Å². The van der Waals surface area contributed by atoms with Crippen LogP contribution in [-0.2, 0) is 19.1 Å². The van der Waals surface area contributed by atoms with E-state index < -0.39 is 60.3 Å². The summed E-state index contributed by atoms with van der Waals surface area (Å²) in [5.41, 5.74) is 2.92. The Morgan fingerprint density at radius 1 is 0.905 bits per heavy atom. The number of carbonyl (C=O) groups is 2. The summed E-state index contributed by atoms with van der Waals surface area (Å²) in [6.07, 6.45) is -9.49. The number of rotatable bonds is 9. The minimum Gasteiger partial charge on any atom is -0.479 e. The summed E-state index contributed by atoms with van der Waals surface area (Å²) in [6, 6.07) is 18.3. The Morgan fingerprint density at radius 3 is 2.10 bits per heavy atom. The zero-order chi connectivity index (χ0) is 30.1. The van der Waals surface area contributed by atoms with Crippen molar-refractivity contribution < 1.29 is 48.3 Å². The first kappa shape index (κ1) is 29.7. The number of nitrogens with zero attached hydrogens (tertiary/aromatic N) is 1. The third-order valence-corrected chi connectivity index (χ3v) is 7.83. The maximum absolute atomic E-state index is 13.7. The minimum absolute atomic E-state index is 0.171. The van der Waals surface area contributed by atoms with Crippen molar-refractivity contribution in [3.63, 3.8) is 0 Å². The average Bonchev–Trinajstić information content (AvgIpc) is 2.97. The first-order chi connectivity index (χ1) is 20.0. The number of carboxylic acids is 1. The molecule has 0 bridgehead atoms. The fourth-order valence-electron chi connectivity index (χ4n) is 5.51. The van der Waals surface area contributed by atoms with E-state index in [1.54, 1.807) is 4.90 Å². The Morgan fingerprint density at radius 2 is 1.50 bits per heavy atom. The molecule has 2 saturated heterocycles. The highest BCUT2D eigenvalue weighted by Crippen LogP contribution is 2.47. The number of β-lactam (4-membered cyclic amide) rings is 1. The molecule has 5 rings (SSSR count). The molecule has 2 aliphatic heterocycles. The number of carbonyl (C=O) groups excluding carboxylic acids is 1. The second-order valence-corrected chi connectivity index (χ2v) is 10.6. The van der Waals surface area contributed by atoms with Gasteiger partial charge < -0.3 is 34.8 Å². The lowest BCUT2D eigenvalue weighted by Crippen LogP contribution is -2.60. The van der Waals surface area contributed by atoms with Crippen LogP contribution in [-0.4, -0.2) is 63.0 Å². The van der Waals surface area contributed by atoms with Crippen molar-refractivity contribution in [3.05, 3.63) is 101 Å². The summed E-state index contributed by atoms with van der Waals surface area (Å²) in [5.74, 6) is -3.18. The Labute approximate surface area is 240 Å². The van der Waals surface area contributed by atoms with Crippen molar-refractivity contribution in [3.8, 4) is 0 Å². The van der Waals surface area contributed by atoms with Gasteiger partial charge in [-0.05, 0) is 67.3 Å². The van der Waals surface area contributed by atoms with Gasteiger partial charge in [0.1, 0.15) is 29.9 Å². The number of ether oxygens (including phenoxy) is 2. The number of aliphatic hydroxyl groups is 3. The molecular formula is C31H31F2NO8. The molecule has 4 N–H and O–H groups in total. The van der Waals surface area contributed by atoms with E-state index in [-0.39, 0.29) is 24.8 Å². The van der Waals surface area contributed by atoms with Crippen LogP contribution in [0.1, 0.15) is 41.7 Å². The number of aliphatic carboxylic acids is 1. The fourth-order valence-corrected chi connectivity index (χ4v) is 5.51. The molecule has 0 aliphatic carbocycles. The fraction of sp³-hybridized carbons (Fsp3) is 0.355. The molecule has 0 spiro atoms. The monoisotopic (exact) mass is 583 g/mol. The molecule has 3 aromatic rings. The number of halogens is 2. The Kier molecular flexibility index (Phi) is 8.67. The van der Waals surface area contributed by atoms with E-state index in [4.69, 9.17) is 9.47 Å². The standard InChI is InChI=1S/C31H31F2NO8/c1-16-2-4-18(5-3-16)24-22(29(38)34(24)21-12-10-20(33)11-13-21)14-15-23(17-6-8-19(32)9-7-17)41-31-27(37)25(35)26(36)28(42-31)30(39)40/h2-13,22-28,31,35-37H,14-15H2,1H3,(H,39,40)/t22?,23-,24?,25-,26-,27+,28-,31?/m0/s1. The molecule has 42 heavy (non-hydrogen) atoms. The number of anilines is 1. The van der Waals surface area contributed by atoms with Gasteiger partial charge in [-0.25, -0.2) is 13.6 Å². The predicted octanol–water partition coefficient (Wildman–Crippen LogP) is 3.41. The molecule has 9 nitrogen and oxygen atoms in total. The number of benzene rings is 3. The van der Waals surface area contributed by atoms with E-state index in [0.717, 1.165) is 11.1 Å². The van der Waals surface area contributed by atoms with Gasteiger partial charge in [0.25, 0.3) is 0 Å². The molecule has 11 heteroatoms. The molecule has 0 saturated carbocycles. The average molecular weight is 584 g/mol. The highest BCUT2D eigenvalue weighted by molar-refractivity contribution is 6.03. The third-order valence-electron chi connectivity index (χ3n) is 7.83. The van der Waals surface area contributed by atoms with Crippen molar-refractivity contribution in [2.75, 3.05) is 4.90 Å². The van der Waals surface area contributed by atoms with Gasteiger partial charge in [-0.3, -0.25) is 4.79 Å². The summed E-state index contributed by atoms with van der Waals surface area (Å²) < 4.78 is 38.6. The van der Waals surface area contributed by atoms with Crippen LogP contribution in [0.5, 0.6) is 0 Å². The van der Waals surface area contributed by atoms with Crippen LogP contribution in [0.15, 0.2) is 72.8 Å². The molecular weight excluding hydrogens is 552 g/mol. The SMILES string of the molecule is Cc1ccc(C2C(CC[C@H](OC3O[C@H](C(=O)O)[C@@H](O)[C@H](O)[C@H]3O)c3ccc(F)cc3)C(=O)N2c2ccc(F)cc2)cc1. The van der Waals surface area contributed by atoms with E-state index in [9.17, 15) is 38.8 Å². The van der Waals surface area contributed by atoms with Crippen LogP contribution in [0.4, 0.5) is 14.5 Å². The van der Waals surface area contributed by atoms with E-state index in [2.05, 4.69) is 0 Å². The predicted molar refractivity (Wildman–Crippen MR) is 145 cm³/mol. The topological polar surface area (TPSA) is 137 Å². The van der Waals surface area contributed by atoms with Gasteiger partial charge in [-0.1, -0.05) is 42.0 Å². The lowest BCUT2D eigenvalue weighted by Gasteiger charge is -2.48. The lowest BCUT2D eigenvalue weighted by molar-refractivity contribution is -0.306. The van der Waals surface area contributed by atoms with Crippen LogP contribution in [0.3, 0.4) is 0 Å². The van der Waals surface area contributed by atoms with Gasteiger partial charge in [0.05, 0.1) is 18.1 Å². The number of aryl methyl sites for hydroxylation is 1. The van der Waals surface area contributed by atoms with E-state index in [1.807, 2.05) is 31.2 Å². The zero-order valence-corrected chi connectivity index (χ0v) is 22.6. The number of carboxylic acid groups (broad SMARTS) is 1. The molecule has 3 aromatic carbocycles. The van der Waals surface area contributed by atoms with Gasteiger partial charge in [0, 0.05) is 5.69 Å². The summed E-state index contributed by atoms with van der Waals surface area (Å²) in [5, 5.41) is 40.2. The van der Waals surface area contributed by atoms with E-state index in [1.165, 1.54) is 48.5 Å². The van der Waals surface area contributed by atoms with Crippen LogP contribution < -0.4 is 4.90 Å². The van der Waals surface area contributed by atoms with Crippen LogP contribution >= 0.6 is 0 Å². The maximum atomic E-state index is 13.7. The molecule has 0 radical (unpaired) electrons. The number of amides is 1. The zero-order valence-electron chi connectivity index (χ0n) is 22.6. The minimum atomic E-state index is -1.89.